The van der Waals surface area contributed by atoms with Gasteiger partial charge in [-0.15, -0.1) is 0 Å². The quantitative estimate of drug-likeness (QED) is 0.749. The van der Waals surface area contributed by atoms with Crippen molar-refractivity contribution in [1.82, 2.24) is 9.88 Å². The average molecular weight is 241 g/mol. The number of amides is 1. The Kier molecular flexibility index (Phi) is 2.31. The molecule has 0 spiro atoms. The number of hydrogen-bond acceptors (Lipinski definition) is 2. The maximum absolute atomic E-state index is 11.7. The fourth-order valence-electron chi connectivity index (χ4n) is 1.24. The Bertz CT molecular complexity index is 336. The van der Waals surface area contributed by atoms with Crippen LogP contribution in [0.3, 0.4) is 0 Å². The van der Waals surface area contributed by atoms with Crippen LogP contribution in [0.25, 0.3) is 0 Å². The van der Waals surface area contributed by atoms with Crippen LogP contribution in [0.15, 0.2) is 22.9 Å². The van der Waals surface area contributed by atoms with Gasteiger partial charge in [0.25, 0.3) is 5.91 Å². The van der Waals surface area contributed by atoms with Gasteiger partial charge in [-0.1, -0.05) is 0 Å². The smallest absolute Gasteiger partial charge is 0.255 e. The zero-order valence-corrected chi connectivity index (χ0v) is 8.62. The molecule has 1 aliphatic heterocycles. The average Bonchev–Trinajstić information content (AvgIpc) is 2.01. The molecule has 68 valence electrons. The Hall–Kier alpha value is -0.900. The monoisotopic (exact) mass is 240 g/mol. The van der Waals surface area contributed by atoms with Gasteiger partial charge >= 0.3 is 0 Å². The van der Waals surface area contributed by atoms with Crippen molar-refractivity contribution >= 4 is 21.8 Å². The Morgan fingerprint density at radius 2 is 2.31 bits per heavy atom. The molecule has 2 heterocycles. The molecule has 1 saturated heterocycles. The summed E-state index contributed by atoms with van der Waals surface area (Å²) in [4.78, 5) is 17.5. The Morgan fingerprint density at radius 1 is 1.54 bits per heavy atom. The minimum absolute atomic E-state index is 0.0977. The van der Waals surface area contributed by atoms with Crippen LogP contribution in [0.4, 0.5) is 0 Å². The Labute approximate surface area is 84.9 Å². The molecule has 0 atom stereocenters. The summed E-state index contributed by atoms with van der Waals surface area (Å²) in [6, 6.07) is 1.74. The second-order valence-electron chi connectivity index (χ2n) is 3.00. The molecular weight excluding hydrogens is 232 g/mol. The van der Waals surface area contributed by atoms with E-state index in [1.165, 1.54) is 0 Å². The number of carbonyl (C=O) groups is 1. The van der Waals surface area contributed by atoms with Crippen molar-refractivity contribution in [3.8, 4) is 0 Å². The maximum atomic E-state index is 11.7. The summed E-state index contributed by atoms with van der Waals surface area (Å²) in [6.45, 7) is 1.77. The summed E-state index contributed by atoms with van der Waals surface area (Å²) in [6.07, 6.45) is 4.40. The second kappa shape index (κ2) is 3.46. The molecule has 0 bridgehead atoms. The topological polar surface area (TPSA) is 33.2 Å². The van der Waals surface area contributed by atoms with Crippen LogP contribution < -0.4 is 0 Å². The molecule has 0 radical (unpaired) electrons. The molecule has 1 amide bonds. The van der Waals surface area contributed by atoms with E-state index < -0.39 is 0 Å². The van der Waals surface area contributed by atoms with Gasteiger partial charge in [-0.2, -0.15) is 0 Å². The van der Waals surface area contributed by atoms with Gasteiger partial charge in [0.05, 0.1) is 5.56 Å². The van der Waals surface area contributed by atoms with E-state index in [-0.39, 0.29) is 5.91 Å². The number of likely N-dealkylation sites (tertiary alicyclic amines) is 1. The lowest BCUT2D eigenvalue weighted by Crippen LogP contribution is -2.42. The van der Waals surface area contributed by atoms with Gasteiger partial charge in [-0.05, 0) is 28.4 Å². The van der Waals surface area contributed by atoms with E-state index >= 15 is 0 Å². The second-order valence-corrected chi connectivity index (χ2v) is 3.86. The van der Waals surface area contributed by atoms with Crippen LogP contribution in [-0.2, 0) is 0 Å². The first kappa shape index (κ1) is 8.69. The van der Waals surface area contributed by atoms with E-state index in [9.17, 15) is 4.79 Å². The molecular formula is C9H9BrN2O. The summed E-state index contributed by atoms with van der Waals surface area (Å²) < 4.78 is 0.770. The van der Waals surface area contributed by atoms with E-state index in [2.05, 4.69) is 20.9 Å². The molecule has 2 rings (SSSR count). The number of pyridine rings is 1. The number of halogens is 1. The Balaban J connectivity index is 2.24. The summed E-state index contributed by atoms with van der Waals surface area (Å²) in [5.74, 6) is 0.0977. The fourth-order valence-corrected chi connectivity index (χ4v) is 1.66. The zero-order valence-electron chi connectivity index (χ0n) is 7.03. The predicted octanol–water partition coefficient (Wildman–Crippen LogP) is 1.69. The lowest BCUT2D eigenvalue weighted by atomic mass is 10.1. The lowest BCUT2D eigenvalue weighted by Gasteiger charge is -2.31. The summed E-state index contributed by atoms with van der Waals surface area (Å²) >= 11 is 3.31. The molecule has 0 aromatic carbocycles. The van der Waals surface area contributed by atoms with Gasteiger partial charge in [-0.25, -0.2) is 0 Å². The van der Waals surface area contributed by atoms with Crippen LogP contribution in [0, 0.1) is 0 Å². The zero-order chi connectivity index (χ0) is 9.26. The van der Waals surface area contributed by atoms with E-state index in [1.54, 1.807) is 18.5 Å². The highest BCUT2D eigenvalue weighted by Crippen LogP contribution is 2.19. The molecule has 1 aromatic heterocycles. The molecule has 4 heteroatoms. The van der Waals surface area contributed by atoms with E-state index in [0.717, 1.165) is 24.0 Å². The van der Waals surface area contributed by atoms with Crippen LogP contribution in [0.5, 0.6) is 0 Å². The molecule has 0 N–H and O–H groups in total. The highest BCUT2D eigenvalue weighted by Gasteiger charge is 2.22. The van der Waals surface area contributed by atoms with Crippen molar-refractivity contribution in [3.05, 3.63) is 28.5 Å². The standard InChI is InChI=1S/C9H9BrN2O/c10-8-6-11-3-2-7(8)9(13)12-4-1-5-12/h2-3,6H,1,4-5H2. The fraction of sp³-hybridized carbons (Fsp3) is 0.333. The van der Waals surface area contributed by atoms with Gasteiger partial charge in [0.2, 0.25) is 0 Å². The molecule has 0 unspecified atom stereocenters. The first-order chi connectivity index (χ1) is 6.29. The van der Waals surface area contributed by atoms with Gasteiger partial charge in [0.1, 0.15) is 0 Å². The first-order valence-electron chi connectivity index (χ1n) is 4.18. The van der Waals surface area contributed by atoms with Crippen LogP contribution >= 0.6 is 15.9 Å². The third kappa shape index (κ3) is 1.58. The minimum atomic E-state index is 0.0977. The van der Waals surface area contributed by atoms with Crippen LogP contribution in [0.2, 0.25) is 0 Å². The third-order valence-corrected chi connectivity index (χ3v) is 2.78. The van der Waals surface area contributed by atoms with Crippen molar-refractivity contribution in [2.75, 3.05) is 13.1 Å². The largest absolute Gasteiger partial charge is 0.338 e. The molecule has 0 aliphatic carbocycles. The van der Waals surface area contributed by atoms with Gasteiger partial charge in [0.15, 0.2) is 0 Å². The van der Waals surface area contributed by atoms with E-state index in [4.69, 9.17) is 0 Å². The first-order valence-corrected chi connectivity index (χ1v) is 4.97. The summed E-state index contributed by atoms with van der Waals surface area (Å²) in [5, 5.41) is 0. The van der Waals surface area contributed by atoms with Crippen molar-refractivity contribution in [2.45, 2.75) is 6.42 Å². The number of carbonyl (C=O) groups excluding carboxylic acids is 1. The number of aromatic nitrogens is 1. The number of rotatable bonds is 1. The molecule has 1 aromatic rings. The molecule has 1 aliphatic rings. The molecule has 1 fully saturated rings. The van der Waals surface area contributed by atoms with Crippen molar-refractivity contribution in [3.63, 3.8) is 0 Å². The lowest BCUT2D eigenvalue weighted by molar-refractivity contribution is 0.0650. The van der Waals surface area contributed by atoms with Crippen molar-refractivity contribution < 1.29 is 4.79 Å². The maximum Gasteiger partial charge on any atom is 0.255 e. The van der Waals surface area contributed by atoms with Crippen LogP contribution in [-0.4, -0.2) is 28.9 Å². The molecule has 13 heavy (non-hydrogen) atoms. The van der Waals surface area contributed by atoms with E-state index in [0.29, 0.717) is 5.56 Å². The highest BCUT2D eigenvalue weighted by atomic mass is 79.9. The highest BCUT2D eigenvalue weighted by molar-refractivity contribution is 9.10. The van der Waals surface area contributed by atoms with Crippen LogP contribution in [0.1, 0.15) is 16.8 Å². The van der Waals surface area contributed by atoms with Gasteiger partial charge < -0.3 is 4.90 Å². The molecule has 0 saturated carbocycles. The Morgan fingerprint density at radius 3 is 2.85 bits per heavy atom. The normalized spacial score (nSPS) is 15.3. The number of hydrogen-bond donors (Lipinski definition) is 0. The number of nitrogens with zero attached hydrogens (tertiary/aromatic N) is 2. The SMILES string of the molecule is O=C(c1ccncc1Br)N1CCC1. The van der Waals surface area contributed by atoms with Gasteiger partial charge in [0, 0.05) is 30.0 Å². The molecule has 3 nitrogen and oxygen atoms in total. The summed E-state index contributed by atoms with van der Waals surface area (Å²) in [7, 11) is 0. The predicted molar refractivity (Wildman–Crippen MR) is 52.5 cm³/mol. The summed E-state index contributed by atoms with van der Waals surface area (Å²) in [5.41, 5.74) is 0.703. The van der Waals surface area contributed by atoms with Crippen molar-refractivity contribution in [2.24, 2.45) is 0 Å². The third-order valence-electron chi connectivity index (χ3n) is 2.15. The minimum Gasteiger partial charge on any atom is -0.338 e. The van der Waals surface area contributed by atoms with Crippen molar-refractivity contribution in [1.29, 1.82) is 0 Å². The van der Waals surface area contributed by atoms with E-state index in [1.807, 2.05) is 4.90 Å². The van der Waals surface area contributed by atoms with Gasteiger partial charge in [-0.3, -0.25) is 9.78 Å².